The summed E-state index contributed by atoms with van der Waals surface area (Å²) in [5.74, 6) is 0.766. The smallest absolute Gasteiger partial charge is 0.255 e. The van der Waals surface area contributed by atoms with Crippen molar-refractivity contribution in [2.45, 2.75) is 26.7 Å². The Labute approximate surface area is 127 Å². The molecular formula is C16H17N5O. The first kappa shape index (κ1) is 14.2. The SMILES string of the molecule is CCCc1cnc(Nc2nc(C)c3ccccc3n2)[nH]c1=O. The Bertz CT molecular complexity index is 872. The number of hydrogen-bond donors (Lipinski definition) is 2. The molecule has 2 heterocycles. The van der Waals surface area contributed by atoms with Crippen LogP contribution in [0.5, 0.6) is 0 Å². The Hall–Kier alpha value is -2.76. The number of para-hydroxylation sites is 1. The highest BCUT2D eigenvalue weighted by Crippen LogP contribution is 2.17. The molecule has 0 aliphatic heterocycles. The highest BCUT2D eigenvalue weighted by atomic mass is 16.1. The van der Waals surface area contributed by atoms with Gasteiger partial charge in [-0.2, -0.15) is 0 Å². The number of fused-ring (bicyclic) bond motifs is 1. The predicted octanol–water partition coefficient (Wildman–Crippen LogP) is 2.72. The van der Waals surface area contributed by atoms with Crippen LogP contribution in [0.15, 0.2) is 35.3 Å². The van der Waals surface area contributed by atoms with Gasteiger partial charge in [-0.3, -0.25) is 15.1 Å². The minimum absolute atomic E-state index is 0.128. The normalized spacial score (nSPS) is 10.8. The topological polar surface area (TPSA) is 83.6 Å². The Morgan fingerprint density at radius 2 is 2.05 bits per heavy atom. The zero-order valence-corrected chi connectivity index (χ0v) is 12.6. The van der Waals surface area contributed by atoms with Gasteiger partial charge in [-0.1, -0.05) is 31.5 Å². The van der Waals surface area contributed by atoms with Gasteiger partial charge in [0.2, 0.25) is 11.9 Å². The maximum Gasteiger partial charge on any atom is 0.255 e. The summed E-state index contributed by atoms with van der Waals surface area (Å²) in [6, 6.07) is 7.79. The number of aromatic nitrogens is 4. The molecule has 3 aromatic rings. The molecule has 0 aliphatic rings. The van der Waals surface area contributed by atoms with Gasteiger partial charge in [0.1, 0.15) is 0 Å². The van der Waals surface area contributed by atoms with E-state index in [4.69, 9.17) is 0 Å². The van der Waals surface area contributed by atoms with Crippen molar-refractivity contribution in [3.63, 3.8) is 0 Å². The molecule has 6 nitrogen and oxygen atoms in total. The monoisotopic (exact) mass is 295 g/mol. The molecule has 0 fully saturated rings. The van der Waals surface area contributed by atoms with Crippen LogP contribution in [0.25, 0.3) is 10.9 Å². The van der Waals surface area contributed by atoms with E-state index in [9.17, 15) is 4.79 Å². The fourth-order valence-corrected chi connectivity index (χ4v) is 2.33. The van der Waals surface area contributed by atoms with E-state index >= 15 is 0 Å². The van der Waals surface area contributed by atoms with Crippen LogP contribution in [-0.2, 0) is 6.42 Å². The number of anilines is 2. The van der Waals surface area contributed by atoms with Crippen molar-refractivity contribution in [2.24, 2.45) is 0 Å². The molecule has 0 atom stereocenters. The second-order valence-electron chi connectivity index (χ2n) is 5.11. The van der Waals surface area contributed by atoms with E-state index in [0.29, 0.717) is 23.9 Å². The predicted molar refractivity (Wildman–Crippen MR) is 86.4 cm³/mol. The van der Waals surface area contributed by atoms with Crippen LogP contribution in [0, 0.1) is 6.92 Å². The van der Waals surface area contributed by atoms with Gasteiger partial charge in [-0.25, -0.2) is 15.0 Å². The Morgan fingerprint density at radius 1 is 1.23 bits per heavy atom. The van der Waals surface area contributed by atoms with Crippen LogP contribution in [0.2, 0.25) is 0 Å². The summed E-state index contributed by atoms with van der Waals surface area (Å²) in [7, 11) is 0. The molecule has 22 heavy (non-hydrogen) atoms. The van der Waals surface area contributed by atoms with E-state index in [1.807, 2.05) is 38.1 Å². The van der Waals surface area contributed by atoms with Crippen LogP contribution in [0.1, 0.15) is 24.6 Å². The number of rotatable bonds is 4. The maximum absolute atomic E-state index is 11.9. The highest BCUT2D eigenvalue weighted by molar-refractivity contribution is 5.81. The van der Waals surface area contributed by atoms with Crippen molar-refractivity contribution in [1.82, 2.24) is 19.9 Å². The Balaban J connectivity index is 1.93. The zero-order valence-electron chi connectivity index (χ0n) is 12.6. The van der Waals surface area contributed by atoms with Gasteiger partial charge in [0, 0.05) is 17.1 Å². The summed E-state index contributed by atoms with van der Waals surface area (Å²) in [5.41, 5.74) is 2.28. The standard InChI is InChI=1S/C16H17N5O/c1-3-6-11-9-17-15(20-14(11)22)21-16-18-10(2)12-7-4-5-8-13(12)19-16/h4-5,7-9H,3,6H2,1-2H3,(H2,17,18,19,20,21,22). The van der Waals surface area contributed by atoms with Crippen molar-refractivity contribution in [3.05, 3.63) is 52.1 Å². The number of aromatic amines is 1. The van der Waals surface area contributed by atoms with Crippen molar-refractivity contribution >= 4 is 22.8 Å². The minimum Gasteiger partial charge on any atom is -0.294 e. The van der Waals surface area contributed by atoms with Gasteiger partial charge in [0.25, 0.3) is 5.56 Å². The summed E-state index contributed by atoms with van der Waals surface area (Å²) in [4.78, 5) is 27.7. The lowest BCUT2D eigenvalue weighted by Gasteiger charge is -2.07. The third-order valence-corrected chi connectivity index (χ3v) is 3.42. The molecule has 0 saturated heterocycles. The van der Waals surface area contributed by atoms with Gasteiger partial charge in [0.15, 0.2) is 0 Å². The van der Waals surface area contributed by atoms with Crippen LogP contribution in [0.4, 0.5) is 11.9 Å². The number of H-pyrrole nitrogens is 1. The number of benzene rings is 1. The molecule has 0 amide bonds. The van der Waals surface area contributed by atoms with Gasteiger partial charge in [-0.15, -0.1) is 0 Å². The van der Waals surface area contributed by atoms with E-state index in [1.165, 1.54) is 0 Å². The first-order chi connectivity index (χ1) is 10.7. The van der Waals surface area contributed by atoms with Crippen molar-refractivity contribution < 1.29 is 0 Å². The Morgan fingerprint density at radius 3 is 2.82 bits per heavy atom. The molecule has 0 saturated carbocycles. The average molecular weight is 295 g/mol. The average Bonchev–Trinajstić information content (AvgIpc) is 2.50. The molecule has 6 heteroatoms. The lowest BCUT2D eigenvalue weighted by molar-refractivity contribution is 0.886. The largest absolute Gasteiger partial charge is 0.294 e. The second-order valence-corrected chi connectivity index (χ2v) is 5.11. The van der Waals surface area contributed by atoms with Crippen molar-refractivity contribution in [1.29, 1.82) is 0 Å². The fraction of sp³-hybridized carbons (Fsp3) is 0.250. The maximum atomic E-state index is 11.9. The number of hydrogen-bond acceptors (Lipinski definition) is 5. The first-order valence-electron chi connectivity index (χ1n) is 7.26. The molecule has 2 N–H and O–H groups in total. The second kappa shape index (κ2) is 5.93. The van der Waals surface area contributed by atoms with E-state index in [1.54, 1.807) is 6.20 Å². The molecule has 3 rings (SSSR count). The lowest BCUT2D eigenvalue weighted by atomic mass is 10.2. The van der Waals surface area contributed by atoms with E-state index in [0.717, 1.165) is 23.0 Å². The van der Waals surface area contributed by atoms with Gasteiger partial charge < -0.3 is 0 Å². The third kappa shape index (κ3) is 2.81. The van der Waals surface area contributed by atoms with Gasteiger partial charge in [0.05, 0.1) is 11.2 Å². The summed E-state index contributed by atoms with van der Waals surface area (Å²) in [5, 5.41) is 3.97. The molecule has 1 aromatic carbocycles. The Kier molecular flexibility index (Phi) is 3.82. The quantitative estimate of drug-likeness (QED) is 0.773. The van der Waals surface area contributed by atoms with Crippen LogP contribution in [0.3, 0.4) is 0 Å². The van der Waals surface area contributed by atoms with E-state index in [2.05, 4.69) is 25.3 Å². The summed E-state index contributed by atoms with van der Waals surface area (Å²) in [6.45, 7) is 3.95. The van der Waals surface area contributed by atoms with Crippen LogP contribution >= 0.6 is 0 Å². The van der Waals surface area contributed by atoms with E-state index < -0.39 is 0 Å². The van der Waals surface area contributed by atoms with Gasteiger partial charge in [-0.05, 0) is 19.4 Å². The molecule has 0 spiro atoms. The van der Waals surface area contributed by atoms with Crippen molar-refractivity contribution in [3.8, 4) is 0 Å². The lowest BCUT2D eigenvalue weighted by Crippen LogP contribution is -2.16. The molecular weight excluding hydrogens is 278 g/mol. The minimum atomic E-state index is -0.128. The third-order valence-electron chi connectivity index (χ3n) is 3.42. The van der Waals surface area contributed by atoms with Crippen molar-refractivity contribution in [2.75, 3.05) is 5.32 Å². The molecule has 2 aromatic heterocycles. The van der Waals surface area contributed by atoms with Gasteiger partial charge >= 0.3 is 0 Å². The molecule has 0 unspecified atom stereocenters. The molecule has 0 radical (unpaired) electrons. The number of aryl methyl sites for hydroxylation is 2. The summed E-state index contributed by atoms with van der Waals surface area (Å²) in [6.07, 6.45) is 3.22. The molecule has 0 aliphatic carbocycles. The summed E-state index contributed by atoms with van der Waals surface area (Å²) < 4.78 is 0. The molecule has 112 valence electrons. The fourth-order valence-electron chi connectivity index (χ4n) is 2.33. The van der Waals surface area contributed by atoms with Crippen LogP contribution in [-0.4, -0.2) is 19.9 Å². The van der Waals surface area contributed by atoms with Crippen LogP contribution < -0.4 is 10.9 Å². The summed E-state index contributed by atoms with van der Waals surface area (Å²) >= 11 is 0. The number of nitrogens with zero attached hydrogens (tertiary/aromatic N) is 3. The highest BCUT2D eigenvalue weighted by Gasteiger charge is 2.06. The van der Waals surface area contributed by atoms with E-state index in [-0.39, 0.29) is 5.56 Å². The first-order valence-corrected chi connectivity index (χ1v) is 7.26. The molecule has 0 bridgehead atoms. The number of nitrogens with one attached hydrogen (secondary N) is 2. The zero-order chi connectivity index (χ0) is 15.5.